The van der Waals surface area contributed by atoms with Gasteiger partial charge in [0.15, 0.2) is 0 Å². The van der Waals surface area contributed by atoms with Gasteiger partial charge in [0, 0.05) is 23.4 Å². The Bertz CT molecular complexity index is 341. The molecule has 0 spiro atoms. The predicted octanol–water partition coefficient (Wildman–Crippen LogP) is 1.28. The molecule has 3 aliphatic heterocycles. The van der Waals surface area contributed by atoms with Crippen molar-refractivity contribution < 1.29 is 14.2 Å². The maximum absolute atomic E-state index is 5.68. The average Bonchev–Trinajstić information content (AvgIpc) is 2.32. The minimum Gasteiger partial charge on any atom is -0.323 e. The smallest absolute Gasteiger partial charge is 0.312 e. The summed E-state index contributed by atoms with van der Waals surface area (Å²) in [5.41, 5.74) is 0.883. The first kappa shape index (κ1) is 9.27. The molecule has 4 nitrogen and oxygen atoms in total. The van der Waals surface area contributed by atoms with Crippen LogP contribution in [0.2, 0.25) is 0 Å². The van der Waals surface area contributed by atoms with Crippen LogP contribution < -0.4 is 0 Å². The van der Waals surface area contributed by atoms with Crippen LogP contribution in [-0.4, -0.2) is 24.8 Å². The first-order chi connectivity index (χ1) is 7.23. The second-order valence-electron chi connectivity index (χ2n) is 4.47. The van der Waals surface area contributed by atoms with Gasteiger partial charge in [-0.3, -0.25) is 4.98 Å². The number of hydrogen-bond acceptors (Lipinski definition) is 4. The number of hydrogen-bond donors (Lipinski definition) is 0. The first-order valence-electron chi connectivity index (χ1n) is 5.05. The fourth-order valence-corrected chi connectivity index (χ4v) is 1.86. The van der Waals surface area contributed by atoms with E-state index >= 15 is 0 Å². The Hall–Kier alpha value is -0.970. The Balaban J connectivity index is 1.94. The lowest BCUT2D eigenvalue weighted by atomic mass is 9.91. The molecule has 0 unspecified atom stereocenters. The second-order valence-corrected chi connectivity index (χ2v) is 4.47. The van der Waals surface area contributed by atoms with Crippen molar-refractivity contribution in [3.05, 3.63) is 30.1 Å². The fraction of sp³-hybridized carbons (Fsp3) is 0.545. The van der Waals surface area contributed by atoms with E-state index in [1.54, 1.807) is 12.4 Å². The molecule has 0 amide bonds. The Kier molecular flexibility index (Phi) is 1.86. The molecule has 1 aromatic heterocycles. The highest BCUT2D eigenvalue weighted by atomic mass is 16.9. The monoisotopic (exact) mass is 207 g/mol. The molecule has 4 rings (SSSR count). The molecule has 0 saturated carbocycles. The van der Waals surface area contributed by atoms with Crippen LogP contribution in [0.1, 0.15) is 12.5 Å². The van der Waals surface area contributed by atoms with Gasteiger partial charge in [-0.2, -0.15) is 0 Å². The van der Waals surface area contributed by atoms with E-state index in [9.17, 15) is 0 Å². The fourth-order valence-electron chi connectivity index (χ4n) is 1.86. The van der Waals surface area contributed by atoms with Crippen LogP contribution in [0.4, 0.5) is 0 Å². The van der Waals surface area contributed by atoms with Gasteiger partial charge in [0.05, 0.1) is 19.8 Å². The summed E-state index contributed by atoms with van der Waals surface area (Å²) in [7, 11) is 0. The molecule has 0 aliphatic carbocycles. The van der Waals surface area contributed by atoms with Gasteiger partial charge in [-0.1, -0.05) is 6.92 Å². The van der Waals surface area contributed by atoms with Gasteiger partial charge < -0.3 is 14.2 Å². The molecule has 80 valence electrons. The van der Waals surface area contributed by atoms with Crippen LogP contribution in [0.5, 0.6) is 0 Å². The third-order valence-corrected chi connectivity index (χ3v) is 2.87. The van der Waals surface area contributed by atoms with Crippen LogP contribution in [-0.2, 0) is 20.2 Å². The summed E-state index contributed by atoms with van der Waals surface area (Å²) in [5.74, 6) is -0.985. The van der Waals surface area contributed by atoms with Gasteiger partial charge in [-0.15, -0.1) is 0 Å². The van der Waals surface area contributed by atoms with Crippen LogP contribution >= 0.6 is 0 Å². The molecular weight excluding hydrogens is 194 g/mol. The molecule has 4 heteroatoms. The number of aromatic nitrogens is 1. The van der Waals surface area contributed by atoms with E-state index in [4.69, 9.17) is 14.2 Å². The zero-order valence-corrected chi connectivity index (χ0v) is 8.60. The van der Waals surface area contributed by atoms with Gasteiger partial charge in [0.2, 0.25) is 0 Å². The highest BCUT2D eigenvalue weighted by Gasteiger charge is 2.51. The highest BCUT2D eigenvalue weighted by Crippen LogP contribution is 2.43. The van der Waals surface area contributed by atoms with E-state index < -0.39 is 5.97 Å². The highest BCUT2D eigenvalue weighted by molar-refractivity contribution is 5.16. The Morgan fingerprint density at radius 3 is 2.13 bits per heavy atom. The van der Waals surface area contributed by atoms with Gasteiger partial charge in [-0.25, -0.2) is 0 Å². The topological polar surface area (TPSA) is 40.6 Å². The van der Waals surface area contributed by atoms with Crippen LogP contribution in [0.15, 0.2) is 24.5 Å². The molecule has 0 aromatic carbocycles. The molecule has 4 heterocycles. The predicted molar refractivity (Wildman–Crippen MR) is 51.9 cm³/mol. The minimum atomic E-state index is -0.985. The van der Waals surface area contributed by atoms with Gasteiger partial charge in [0.1, 0.15) is 0 Å². The van der Waals surface area contributed by atoms with Crippen molar-refractivity contribution in [1.29, 1.82) is 0 Å². The molecule has 0 N–H and O–H groups in total. The lowest BCUT2D eigenvalue weighted by Crippen LogP contribution is -2.57. The third-order valence-electron chi connectivity index (χ3n) is 2.87. The number of pyridine rings is 1. The Morgan fingerprint density at radius 2 is 1.60 bits per heavy atom. The molecule has 3 fully saturated rings. The maximum Gasteiger partial charge on any atom is 0.312 e. The quantitative estimate of drug-likeness (QED) is 0.695. The molecule has 15 heavy (non-hydrogen) atoms. The number of nitrogens with zero attached hydrogens (tertiary/aromatic N) is 1. The first-order valence-corrected chi connectivity index (χ1v) is 5.05. The van der Waals surface area contributed by atoms with Crippen LogP contribution in [0.3, 0.4) is 0 Å². The van der Waals surface area contributed by atoms with E-state index in [1.165, 1.54) is 0 Å². The maximum atomic E-state index is 5.68. The van der Waals surface area contributed by atoms with Gasteiger partial charge in [-0.05, 0) is 12.1 Å². The lowest BCUT2D eigenvalue weighted by molar-refractivity contribution is -0.477. The molecule has 2 bridgehead atoms. The number of rotatable bonds is 1. The van der Waals surface area contributed by atoms with Crippen LogP contribution in [0, 0.1) is 5.41 Å². The number of fused-ring (bicyclic) bond motifs is 3. The zero-order valence-electron chi connectivity index (χ0n) is 8.60. The summed E-state index contributed by atoms with van der Waals surface area (Å²) >= 11 is 0. The molecule has 0 atom stereocenters. The molecule has 0 radical (unpaired) electrons. The van der Waals surface area contributed by atoms with Gasteiger partial charge >= 0.3 is 5.97 Å². The third kappa shape index (κ3) is 1.37. The summed E-state index contributed by atoms with van der Waals surface area (Å²) in [5, 5.41) is 0. The second kappa shape index (κ2) is 3.01. The Labute approximate surface area is 88.2 Å². The summed E-state index contributed by atoms with van der Waals surface area (Å²) in [6.07, 6.45) is 3.42. The van der Waals surface area contributed by atoms with Crippen LogP contribution in [0.25, 0.3) is 0 Å². The summed E-state index contributed by atoms with van der Waals surface area (Å²) in [4.78, 5) is 3.97. The van der Waals surface area contributed by atoms with Crippen molar-refractivity contribution in [2.24, 2.45) is 5.41 Å². The zero-order chi connectivity index (χ0) is 10.4. The van der Waals surface area contributed by atoms with Crippen molar-refractivity contribution in [1.82, 2.24) is 4.98 Å². The normalized spacial score (nSPS) is 39.3. The molecule has 3 saturated heterocycles. The van der Waals surface area contributed by atoms with E-state index in [0.717, 1.165) is 5.56 Å². The van der Waals surface area contributed by atoms with Crippen molar-refractivity contribution in [2.45, 2.75) is 12.9 Å². The molecular formula is C11H13NO3. The summed E-state index contributed by atoms with van der Waals surface area (Å²) in [6.45, 7) is 4.13. The van der Waals surface area contributed by atoms with Gasteiger partial charge in [0.25, 0.3) is 0 Å². The minimum absolute atomic E-state index is 0.00871. The van der Waals surface area contributed by atoms with Crippen molar-refractivity contribution in [3.8, 4) is 0 Å². The van der Waals surface area contributed by atoms with Crippen molar-refractivity contribution >= 4 is 0 Å². The average molecular weight is 207 g/mol. The Morgan fingerprint density at radius 1 is 1.07 bits per heavy atom. The van der Waals surface area contributed by atoms with E-state index in [1.807, 2.05) is 12.1 Å². The largest absolute Gasteiger partial charge is 0.323 e. The van der Waals surface area contributed by atoms with E-state index in [0.29, 0.717) is 19.8 Å². The number of ether oxygens (including phenoxy) is 3. The van der Waals surface area contributed by atoms with Crippen molar-refractivity contribution in [2.75, 3.05) is 19.8 Å². The van der Waals surface area contributed by atoms with E-state index in [-0.39, 0.29) is 5.41 Å². The standard InChI is InChI=1S/C11H13NO3/c1-10-6-13-11(14-7-10,15-8-10)9-2-4-12-5-3-9/h2-5H,6-8H2,1H3. The lowest BCUT2D eigenvalue weighted by Gasteiger charge is -2.50. The summed E-state index contributed by atoms with van der Waals surface area (Å²) < 4.78 is 17.0. The van der Waals surface area contributed by atoms with Crippen molar-refractivity contribution in [3.63, 3.8) is 0 Å². The molecule has 3 aliphatic rings. The summed E-state index contributed by atoms with van der Waals surface area (Å²) in [6, 6.07) is 3.71. The molecule has 1 aromatic rings. The SMILES string of the molecule is CC12COC(c3ccncc3)(OC1)OC2. The van der Waals surface area contributed by atoms with E-state index in [2.05, 4.69) is 11.9 Å².